The number of anilines is 3. The van der Waals surface area contributed by atoms with Crippen LogP contribution in [0.4, 0.5) is 30.5 Å². The van der Waals surface area contributed by atoms with Gasteiger partial charge in [0.25, 0.3) is 5.91 Å². The minimum atomic E-state index is -4.25. The first kappa shape index (κ1) is 29.8. The smallest absolute Gasteiger partial charge is 0.371 e. The van der Waals surface area contributed by atoms with Crippen LogP contribution in [0.25, 0.3) is 11.0 Å². The van der Waals surface area contributed by atoms with Crippen molar-refractivity contribution in [3.63, 3.8) is 0 Å². The Morgan fingerprint density at radius 1 is 1.12 bits per heavy atom. The van der Waals surface area contributed by atoms with Crippen molar-refractivity contribution in [2.45, 2.75) is 46.3 Å². The van der Waals surface area contributed by atoms with Gasteiger partial charge in [-0.05, 0) is 36.6 Å². The third-order valence-corrected chi connectivity index (χ3v) is 7.84. The van der Waals surface area contributed by atoms with Crippen LogP contribution in [-0.4, -0.2) is 40.6 Å². The number of amides is 2. The van der Waals surface area contributed by atoms with Gasteiger partial charge in [-0.25, -0.2) is 4.98 Å². The molecule has 2 amide bonds. The minimum Gasteiger partial charge on any atom is -0.371 e. The van der Waals surface area contributed by atoms with Gasteiger partial charge in [0.05, 0.1) is 43.9 Å². The molecule has 2 aromatic carbocycles. The topological polar surface area (TPSA) is 105 Å². The molecule has 0 spiro atoms. The summed E-state index contributed by atoms with van der Waals surface area (Å²) in [5.74, 6) is -1.85. The largest absolute Gasteiger partial charge is 0.391 e. The summed E-state index contributed by atoms with van der Waals surface area (Å²) < 4.78 is 41.3. The second-order valence-corrected chi connectivity index (χ2v) is 11.8. The Morgan fingerprint density at radius 2 is 1.77 bits per heavy atom. The van der Waals surface area contributed by atoms with E-state index in [0.29, 0.717) is 44.0 Å². The monoisotopic (exact) mass is 598 g/mol. The van der Waals surface area contributed by atoms with E-state index in [4.69, 9.17) is 28.9 Å². The standard InChI is InChI=1S/C27H31Cl2F3N6O2/c1-26(2,3)24(40)34-13-14-5-6-17(28)22(21(14)29)36-25-35-18-11-16(23(33)39)19(12-20(18)37(25)4)38-9-7-15(8-10-38)27(30,31)32/h5-6,11-12,15H,7-10,13H2,1-4H3,(H2,33,39)(H,34,40)(H,35,36). The summed E-state index contributed by atoms with van der Waals surface area (Å²) in [7, 11) is 1.75. The van der Waals surface area contributed by atoms with Crippen LogP contribution < -0.4 is 21.3 Å². The lowest BCUT2D eigenvalue weighted by Crippen LogP contribution is -2.39. The lowest BCUT2D eigenvalue weighted by Gasteiger charge is -2.35. The van der Waals surface area contributed by atoms with E-state index in [1.54, 1.807) is 34.7 Å². The number of carbonyl (C=O) groups is 2. The number of nitrogens with zero attached hydrogens (tertiary/aromatic N) is 3. The molecule has 2 heterocycles. The molecule has 1 saturated heterocycles. The zero-order chi connectivity index (χ0) is 29.6. The molecule has 4 N–H and O–H groups in total. The molecule has 13 heteroatoms. The molecule has 0 aliphatic carbocycles. The molecule has 0 saturated carbocycles. The average Bonchev–Trinajstić information content (AvgIpc) is 3.18. The number of nitrogens with two attached hydrogens (primary N) is 1. The predicted molar refractivity (Wildman–Crippen MR) is 151 cm³/mol. The maximum atomic E-state index is 13.2. The lowest BCUT2D eigenvalue weighted by atomic mass is 9.95. The molecule has 1 aromatic heterocycles. The van der Waals surface area contributed by atoms with Gasteiger partial charge in [0.15, 0.2) is 0 Å². The van der Waals surface area contributed by atoms with E-state index in [9.17, 15) is 22.8 Å². The predicted octanol–water partition coefficient (Wildman–Crippen LogP) is 6.16. The summed E-state index contributed by atoms with van der Waals surface area (Å²) >= 11 is 13.1. The fraction of sp³-hybridized carbons (Fsp3) is 0.444. The number of carbonyl (C=O) groups excluding carboxylic acids is 2. The van der Waals surface area contributed by atoms with Gasteiger partial charge < -0.3 is 25.8 Å². The molecule has 0 unspecified atom stereocenters. The van der Waals surface area contributed by atoms with E-state index < -0.39 is 23.4 Å². The van der Waals surface area contributed by atoms with Gasteiger partial charge in [-0.15, -0.1) is 0 Å². The third-order valence-electron chi connectivity index (χ3n) is 7.09. The molecule has 0 atom stereocenters. The highest BCUT2D eigenvalue weighted by Gasteiger charge is 2.41. The number of rotatable bonds is 6. The number of piperidine rings is 1. The molecule has 1 aliphatic heterocycles. The number of aromatic nitrogens is 2. The fourth-order valence-corrected chi connectivity index (χ4v) is 5.18. The number of hydrogen-bond donors (Lipinski definition) is 3. The molecule has 3 aromatic rings. The number of fused-ring (bicyclic) bond motifs is 1. The van der Waals surface area contributed by atoms with Crippen LogP contribution in [0, 0.1) is 11.3 Å². The van der Waals surface area contributed by atoms with Crippen LogP contribution >= 0.6 is 23.2 Å². The van der Waals surface area contributed by atoms with E-state index in [-0.39, 0.29) is 43.9 Å². The second-order valence-electron chi connectivity index (χ2n) is 11.0. The quantitative estimate of drug-likeness (QED) is 0.315. The van der Waals surface area contributed by atoms with Gasteiger partial charge in [0, 0.05) is 32.1 Å². The maximum Gasteiger partial charge on any atom is 0.391 e. The number of hydrogen-bond acceptors (Lipinski definition) is 5. The van der Waals surface area contributed by atoms with Crippen LogP contribution in [0.1, 0.15) is 49.5 Å². The summed E-state index contributed by atoms with van der Waals surface area (Å²) in [5, 5.41) is 6.64. The molecule has 4 rings (SSSR count). The first-order valence-corrected chi connectivity index (χ1v) is 13.5. The highest BCUT2D eigenvalue weighted by Crippen LogP contribution is 2.39. The first-order valence-electron chi connectivity index (χ1n) is 12.7. The van der Waals surface area contributed by atoms with Crippen molar-refractivity contribution in [1.82, 2.24) is 14.9 Å². The third kappa shape index (κ3) is 6.10. The Morgan fingerprint density at radius 3 is 2.35 bits per heavy atom. The van der Waals surface area contributed by atoms with Gasteiger partial charge in [-0.2, -0.15) is 13.2 Å². The molecule has 40 heavy (non-hydrogen) atoms. The van der Waals surface area contributed by atoms with Crippen LogP contribution in [0.3, 0.4) is 0 Å². The molecular weight excluding hydrogens is 568 g/mol. The minimum absolute atomic E-state index is 0.0680. The zero-order valence-electron chi connectivity index (χ0n) is 22.5. The highest BCUT2D eigenvalue weighted by atomic mass is 35.5. The van der Waals surface area contributed by atoms with E-state index in [2.05, 4.69) is 15.6 Å². The van der Waals surface area contributed by atoms with Gasteiger partial charge >= 0.3 is 6.18 Å². The van der Waals surface area contributed by atoms with Crippen molar-refractivity contribution >= 4 is 63.4 Å². The van der Waals surface area contributed by atoms with Crippen LogP contribution in [-0.2, 0) is 18.4 Å². The van der Waals surface area contributed by atoms with Crippen LogP contribution in [0.5, 0.6) is 0 Å². The highest BCUT2D eigenvalue weighted by molar-refractivity contribution is 6.39. The van der Waals surface area contributed by atoms with E-state index in [1.807, 2.05) is 20.8 Å². The molecule has 0 bridgehead atoms. The Hall–Kier alpha value is -3.18. The molecular formula is C27H31Cl2F3N6O2. The molecule has 1 fully saturated rings. The van der Waals surface area contributed by atoms with E-state index in [0.717, 1.165) is 0 Å². The van der Waals surface area contributed by atoms with E-state index in [1.165, 1.54) is 6.07 Å². The number of primary amides is 1. The summed E-state index contributed by atoms with van der Waals surface area (Å²) in [6.45, 7) is 5.91. The van der Waals surface area contributed by atoms with Crippen molar-refractivity contribution in [3.05, 3.63) is 45.4 Å². The first-order chi connectivity index (χ1) is 18.6. The van der Waals surface area contributed by atoms with Crippen molar-refractivity contribution in [1.29, 1.82) is 0 Å². The van der Waals surface area contributed by atoms with Gasteiger partial charge in [-0.3, -0.25) is 9.59 Å². The fourth-order valence-electron chi connectivity index (χ4n) is 4.64. The number of halogens is 5. The Labute approximate surface area is 240 Å². The van der Waals surface area contributed by atoms with Crippen molar-refractivity contribution in [3.8, 4) is 0 Å². The van der Waals surface area contributed by atoms with Gasteiger partial charge in [0.2, 0.25) is 11.9 Å². The van der Waals surface area contributed by atoms with Crippen molar-refractivity contribution < 1.29 is 22.8 Å². The van der Waals surface area contributed by atoms with Gasteiger partial charge in [-0.1, -0.05) is 50.0 Å². The molecule has 1 aliphatic rings. The number of imidazole rings is 1. The summed E-state index contributed by atoms with van der Waals surface area (Å²) in [4.78, 5) is 31.0. The van der Waals surface area contributed by atoms with Crippen LogP contribution in [0.2, 0.25) is 10.0 Å². The Balaban J connectivity index is 1.65. The van der Waals surface area contributed by atoms with Gasteiger partial charge in [0.1, 0.15) is 0 Å². The zero-order valence-corrected chi connectivity index (χ0v) is 24.1. The summed E-state index contributed by atoms with van der Waals surface area (Å²) in [6.07, 6.45) is -4.38. The SMILES string of the molecule is Cn1c(Nc2c(Cl)ccc(CNC(=O)C(C)(C)C)c2Cl)nc2cc(C(N)=O)c(N3CCC(C(F)(F)F)CC3)cc21. The molecule has 216 valence electrons. The number of alkyl halides is 3. The number of aryl methyl sites for hydroxylation is 1. The van der Waals surface area contributed by atoms with Crippen molar-refractivity contribution in [2.75, 3.05) is 23.3 Å². The molecule has 8 nitrogen and oxygen atoms in total. The number of nitrogens with one attached hydrogen (secondary N) is 2. The molecule has 0 radical (unpaired) electrons. The van der Waals surface area contributed by atoms with E-state index >= 15 is 0 Å². The average molecular weight is 599 g/mol. The normalized spacial score (nSPS) is 15.0. The number of benzene rings is 2. The summed E-state index contributed by atoms with van der Waals surface area (Å²) in [5.41, 5.74) is 7.83. The van der Waals surface area contributed by atoms with Crippen LogP contribution in [0.15, 0.2) is 24.3 Å². The lowest BCUT2D eigenvalue weighted by molar-refractivity contribution is -0.179. The second kappa shape index (κ2) is 11.0. The Kier molecular flexibility index (Phi) is 8.20. The summed E-state index contributed by atoms with van der Waals surface area (Å²) in [6, 6.07) is 6.63. The Bertz CT molecular complexity index is 1460. The maximum absolute atomic E-state index is 13.2. The van der Waals surface area contributed by atoms with Crippen molar-refractivity contribution in [2.24, 2.45) is 24.1 Å².